The number of ether oxygens (including phenoxy) is 1. The number of aliphatic hydroxyl groups is 1. The van der Waals surface area contributed by atoms with Crippen LogP contribution in [0.3, 0.4) is 0 Å². The Morgan fingerprint density at radius 1 is 1.63 bits per heavy atom. The second-order valence-corrected chi connectivity index (χ2v) is 4.06. The van der Waals surface area contributed by atoms with Crippen molar-refractivity contribution < 1.29 is 14.8 Å². The zero-order valence-electron chi connectivity index (χ0n) is 10.7. The Labute approximate surface area is 110 Å². The molecule has 0 fully saturated rings. The average molecular weight is 265 g/mol. The summed E-state index contributed by atoms with van der Waals surface area (Å²) in [5.41, 5.74) is 0.593. The van der Waals surface area contributed by atoms with E-state index < -0.39 is 11.0 Å². The molecule has 7 heteroatoms. The minimum atomic E-state index is -0.697. The van der Waals surface area contributed by atoms with Gasteiger partial charge < -0.3 is 14.7 Å². The molecular weight excluding hydrogens is 250 g/mol. The molecule has 1 N–H and O–H groups in total. The number of nitrogens with zero attached hydrogens (tertiary/aromatic N) is 3. The quantitative estimate of drug-likeness (QED) is 0.606. The van der Waals surface area contributed by atoms with Crippen molar-refractivity contribution in [2.24, 2.45) is 0 Å². The van der Waals surface area contributed by atoms with Gasteiger partial charge in [-0.1, -0.05) is 0 Å². The van der Waals surface area contributed by atoms with Crippen LogP contribution in [0.15, 0.2) is 18.2 Å². The van der Waals surface area contributed by atoms with Gasteiger partial charge in [0.1, 0.15) is 6.07 Å². The Hall–Kier alpha value is -2.17. The van der Waals surface area contributed by atoms with E-state index in [9.17, 15) is 15.2 Å². The minimum absolute atomic E-state index is 0.133. The van der Waals surface area contributed by atoms with Crippen LogP contribution < -0.4 is 4.90 Å². The molecule has 0 saturated heterocycles. The lowest BCUT2D eigenvalue weighted by Gasteiger charge is -2.23. The molecule has 0 bridgehead atoms. The zero-order chi connectivity index (χ0) is 14.4. The molecule has 0 spiro atoms. The summed E-state index contributed by atoms with van der Waals surface area (Å²) in [6, 6.07) is 5.96. The first-order valence-electron chi connectivity index (χ1n) is 5.56. The van der Waals surface area contributed by atoms with Crippen molar-refractivity contribution in [3.63, 3.8) is 0 Å². The predicted molar refractivity (Wildman–Crippen MR) is 69.0 cm³/mol. The number of non-ortho nitro benzene ring substituents is 1. The lowest BCUT2D eigenvalue weighted by atomic mass is 10.1. The van der Waals surface area contributed by atoms with Crippen molar-refractivity contribution in [1.29, 1.82) is 5.26 Å². The number of nitriles is 1. The fourth-order valence-electron chi connectivity index (χ4n) is 1.72. The molecule has 0 aliphatic heterocycles. The van der Waals surface area contributed by atoms with E-state index in [4.69, 9.17) is 10.00 Å². The highest BCUT2D eigenvalue weighted by Crippen LogP contribution is 2.24. The van der Waals surface area contributed by atoms with Gasteiger partial charge in [0.05, 0.1) is 28.9 Å². The molecule has 1 rings (SSSR count). The highest BCUT2D eigenvalue weighted by Gasteiger charge is 2.15. The molecule has 19 heavy (non-hydrogen) atoms. The fraction of sp³-hybridized carbons (Fsp3) is 0.417. The Morgan fingerprint density at radius 2 is 2.32 bits per heavy atom. The summed E-state index contributed by atoms with van der Waals surface area (Å²) in [7, 11) is 3.18. The summed E-state index contributed by atoms with van der Waals surface area (Å²) in [4.78, 5) is 11.7. The van der Waals surface area contributed by atoms with Gasteiger partial charge in [0.15, 0.2) is 0 Å². The first-order valence-corrected chi connectivity index (χ1v) is 5.56. The summed E-state index contributed by atoms with van der Waals surface area (Å²) in [6.07, 6.45) is -0.697. The van der Waals surface area contributed by atoms with Crippen LogP contribution in [0, 0.1) is 21.4 Å². The number of benzene rings is 1. The fourth-order valence-corrected chi connectivity index (χ4v) is 1.72. The van der Waals surface area contributed by atoms with Crippen LogP contribution in [0.1, 0.15) is 5.56 Å². The van der Waals surface area contributed by atoms with Crippen LogP contribution in [0.5, 0.6) is 0 Å². The van der Waals surface area contributed by atoms with Crippen molar-refractivity contribution >= 4 is 11.4 Å². The van der Waals surface area contributed by atoms with Crippen LogP contribution in [-0.2, 0) is 4.74 Å². The van der Waals surface area contributed by atoms with Crippen LogP contribution in [-0.4, -0.2) is 43.4 Å². The molecule has 1 aromatic rings. The third kappa shape index (κ3) is 3.91. The van der Waals surface area contributed by atoms with E-state index in [1.54, 1.807) is 11.9 Å². The topological polar surface area (TPSA) is 99.6 Å². The van der Waals surface area contributed by atoms with E-state index in [-0.39, 0.29) is 24.4 Å². The van der Waals surface area contributed by atoms with Crippen molar-refractivity contribution in [1.82, 2.24) is 0 Å². The van der Waals surface area contributed by atoms with Gasteiger partial charge in [-0.15, -0.1) is 0 Å². The smallest absolute Gasteiger partial charge is 0.270 e. The third-order valence-corrected chi connectivity index (χ3v) is 2.57. The Balaban J connectivity index is 2.94. The standard InChI is InChI=1S/C12H15N3O4/c1-14(7-11(16)8-19-2)12-4-3-10(15(17)18)5-9(12)6-13/h3-5,11,16H,7-8H2,1-2H3. The molecule has 0 aliphatic carbocycles. The molecule has 7 nitrogen and oxygen atoms in total. The average Bonchev–Trinajstić information content (AvgIpc) is 2.37. The maximum absolute atomic E-state index is 10.6. The molecule has 0 radical (unpaired) electrons. The van der Waals surface area contributed by atoms with Gasteiger partial charge in [0.2, 0.25) is 0 Å². The van der Waals surface area contributed by atoms with Gasteiger partial charge >= 0.3 is 0 Å². The lowest BCUT2D eigenvalue weighted by molar-refractivity contribution is -0.384. The summed E-state index contributed by atoms with van der Waals surface area (Å²) in [5.74, 6) is 0. The number of anilines is 1. The van der Waals surface area contributed by atoms with E-state index in [1.165, 1.54) is 25.3 Å². The van der Waals surface area contributed by atoms with Gasteiger partial charge in [-0.25, -0.2) is 0 Å². The number of nitro groups is 1. The third-order valence-electron chi connectivity index (χ3n) is 2.57. The maximum Gasteiger partial charge on any atom is 0.270 e. The largest absolute Gasteiger partial charge is 0.389 e. The number of likely N-dealkylation sites (N-methyl/N-ethyl adjacent to an activating group) is 1. The number of methoxy groups -OCH3 is 1. The monoisotopic (exact) mass is 265 g/mol. The van der Waals surface area contributed by atoms with Crippen molar-refractivity contribution in [3.8, 4) is 6.07 Å². The first kappa shape index (κ1) is 14.9. The van der Waals surface area contributed by atoms with Crippen LogP contribution in [0.4, 0.5) is 11.4 Å². The predicted octanol–water partition coefficient (Wildman–Crippen LogP) is 0.910. The normalized spacial score (nSPS) is 11.7. The molecule has 1 aromatic carbocycles. The Bertz CT molecular complexity index is 498. The van der Waals surface area contributed by atoms with E-state index in [1.807, 2.05) is 6.07 Å². The van der Waals surface area contributed by atoms with Crippen LogP contribution in [0.2, 0.25) is 0 Å². The molecule has 0 heterocycles. The highest BCUT2D eigenvalue weighted by atomic mass is 16.6. The number of hydrogen-bond acceptors (Lipinski definition) is 6. The van der Waals surface area contributed by atoms with Gasteiger partial charge in [-0.2, -0.15) is 5.26 Å². The number of aliphatic hydroxyl groups excluding tert-OH is 1. The molecule has 1 atom stereocenters. The maximum atomic E-state index is 10.6. The molecule has 0 aromatic heterocycles. The summed E-state index contributed by atoms with van der Waals surface area (Å²) < 4.78 is 4.82. The van der Waals surface area contributed by atoms with Crippen molar-refractivity contribution in [3.05, 3.63) is 33.9 Å². The second kappa shape index (κ2) is 6.68. The van der Waals surface area contributed by atoms with Crippen LogP contribution >= 0.6 is 0 Å². The van der Waals surface area contributed by atoms with Crippen molar-refractivity contribution in [2.45, 2.75) is 6.10 Å². The summed E-state index contributed by atoms with van der Waals surface area (Å²) in [5, 5.41) is 29.3. The summed E-state index contributed by atoms with van der Waals surface area (Å²) in [6.45, 7) is 0.444. The number of hydrogen-bond donors (Lipinski definition) is 1. The molecule has 102 valence electrons. The van der Waals surface area contributed by atoms with E-state index in [0.717, 1.165) is 0 Å². The summed E-state index contributed by atoms with van der Waals surface area (Å²) >= 11 is 0. The highest BCUT2D eigenvalue weighted by molar-refractivity contribution is 5.62. The van der Waals surface area contributed by atoms with Gasteiger partial charge in [0.25, 0.3) is 5.69 Å². The van der Waals surface area contributed by atoms with Gasteiger partial charge in [-0.3, -0.25) is 10.1 Å². The SMILES string of the molecule is COCC(O)CN(C)c1ccc([N+](=O)[O-])cc1C#N. The van der Waals surface area contributed by atoms with E-state index >= 15 is 0 Å². The van der Waals surface area contributed by atoms with E-state index in [2.05, 4.69) is 0 Å². The van der Waals surface area contributed by atoms with Crippen molar-refractivity contribution in [2.75, 3.05) is 32.2 Å². The first-order chi connectivity index (χ1) is 8.99. The number of rotatable bonds is 6. The molecule has 0 aliphatic rings. The molecular formula is C12H15N3O4. The number of nitro benzene ring substituents is 1. The molecule has 0 amide bonds. The minimum Gasteiger partial charge on any atom is -0.389 e. The van der Waals surface area contributed by atoms with Gasteiger partial charge in [-0.05, 0) is 6.07 Å². The van der Waals surface area contributed by atoms with E-state index in [0.29, 0.717) is 5.69 Å². The Kier molecular flexibility index (Phi) is 5.23. The molecule has 1 unspecified atom stereocenters. The second-order valence-electron chi connectivity index (χ2n) is 4.06. The Morgan fingerprint density at radius 3 is 2.84 bits per heavy atom. The lowest BCUT2D eigenvalue weighted by Crippen LogP contribution is -2.32. The molecule has 0 saturated carbocycles. The van der Waals surface area contributed by atoms with Gasteiger partial charge in [0, 0.05) is 32.8 Å². The van der Waals surface area contributed by atoms with Crippen LogP contribution in [0.25, 0.3) is 0 Å². The zero-order valence-corrected chi connectivity index (χ0v) is 10.7.